The summed E-state index contributed by atoms with van der Waals surface area (Å²) in [5.41, 5.74) is 0.320. The number of carbonyl (C=O) groups is 1. The minimum Gasteiger partial charge on any atom is -0.343 e. The minimum atomic E-state index is 0.320. The Morgan fingerprint density at radius 1 is 0.947 bits per heavy atom. The van der Waals surface area contributed by atoms with Crippen LogP contribution in [-0.4, -0.2) is 86.6 Å². The van der Waals surface area contributed by atoms with E-state index in [0.29, 0.717) is 5.41 Å². The molecule has 0 unspecified atom stereocenters. The van der Waals surface area contributed by atoms with Crippen LogP contribution in [0.25, 0.3) is 0 Å². The zero-order valence-corrected chi connectivity index (χ0v) is 12.4. The number of piperazine rings is 2. The highest BCUT2D eigenvalue weighted by atomic mass is 16.1. The Kier molecular flexibility index (Phi) is 5.19. The molecular formula is C14H28N4O. The summed E-state index contributed by atoms with van der Waals surface area (Å²) in [5.74, 6) is 0. The normalized spacial score (nSPS) is 23.6. The Bertz CT molecular complexity index is 281. The summed E-state index contributed by atoms with van der Waals surface area (Å²) in [6, 6.07) is 0. The van der Waals surface area contributed by atoms with Crippen LogP contribution in [0.5, 0.6) is 0 Å². The highest BCUT2D eigenvalue weighted by molar-refractivity contribution is 5.47. The van der Waals surface area contributed by atoms with Crippen molar-refractivity contribution in [1.82, 2.24) is 20.0 Å². The second-order valence-corrected chi connectivity index (χ2v) is 6.61. The molecule has 1 N–H and O–H groups in total. The van der Waals surface area contributed by atoms with Gasteiger partial charge in [-0.15, -0.1) is 0 Å². The molecule has 2 fully saturated rings. The molecule has 2 aliphatic rings. The van der Waals surface area contributed by atoms with Crippen LogP contribution in [0.1, 0.15) is 13.8 Å². The third-order valence-electron chi connectivity index (χ3n) is 4.07. The molecule has 0 radical (unpaired) electrons. The number of hydrogen-bond donors (Lipinski definition) is 1. The fourth-order valence-electron chi connectivity index (χ4n) is 3.16. The Morgan fingerprint density at radius 2 is 1.47 bits per heavy atom. The molecule has 0 aromatic carbocycles. The predicted octanol–water partition coefficient (Wildman–Crippen LogP) is -0.308. The van der Waals surface area contributed by atoms with Gasteiger partial charge in [0.2, 0.25) is 6.41 Å². The van der Waals surface area contributed by atoms with Crippen LogP contribution in [0, 0.1) is 5.41 Å². The first-order chi connectivity index (χ1) is 9.09. The largest absolute Gasteiger partial charge is 0.343 e. The maximum atomic E-state index is 10.7. The molecule has 0 saturated carbocycles. The van der Waals surface area contributed by atoms with Crippen LogP contribution in [0.2, 0.25) is 0 Å². The van der Waals surface area contributed by atoms with Crippen molar-refractivity contribution in [2.24, 2.45) is 5.41 Å². The Balaban J connectivity index is 1.75. The van der Waals surface area contributed by atoms with Crippen molar-refractivity contribution >= 4 is 6.41 Å². The van der Waals surface area contributed by atoms with E-state index < -0.39 is 0 Å². The third-order valence-corrected chi connectivity index (χ3v) is 4.07. The van der Waals surface area contributed by atoms with Crippen LogP contribution in [0.15, 0.2) is 0 Å². The van der Waals surface area contributed by atoms with Crippen LogP contribution >= 0.6 is 0 Å². The van der Waals surface area contributed by atoms with E-state index in [1.165, 1.54) is 19.6 Å². The smallest absolute Gasteiger partial charge is 0.209 e. The first-order valence-electron chi connectivity index (χ1n) is 7.44. The summed E-state index contributed by atoms with van der Waals surface area (Å²) in [6.45, 7) is 15.4. The van der Waals surface area contributed by atoms with Gasteiger partial charge in [-0.3, -0.25) is 9.69 Å². The summed E-state index contributed by atoms with van der Waals surface area (Å²) in [4.78, 5) is 17.7. The van der Waals surface area contributed by atoms with Gasteiger partial charge in [0.05, 0.1) is 0 Å². The van der Waals surface area contributed by atoms with Crippen LogP contribution < -0.4 is 5.32 Å². The molecule has 0 aromatic rings. The van der Waals surface area contributed by atoms with E-state index in [9.17, 15) is 4.79 Å². The van der Waals surface area contributed by atoms with Crippen molar-refractivity contribution in [3.63, 3.8) is 0 Å². The van der Waals surface area contributed by atoms with Gasteiger partial charge in [0.1, 0.15) is 0 Å². The second-order valence-electron chi connectivity index (χ2n) is 6.61. The maximum Gasteiger partial charge on any atom is 0.209 e. The Labute approximate surface area is 116 Å². The number of carbonyl (C=O) groups excluding carboxylic acids is 1. The van der Waals surface area contributed by atoms with Gasteiger partial charge in [-0.2, -0.15) is 0 Å². The number of amides is 1. The van der Waals surface area contributed by atoms with E-state index in [0.717, 1.165) is 52.2 Å². The molecule has 110 valence electrons. The van der Waals surface area contributed by atoms with Gasteiger partial charge in [0, 0.05) is 65.4 Å². The van der Waals surface area contributed by atoms with Crippen LogP contribution in [-0.2, 0) is 4.79 Å². The molecule has 1 amide bonds. The first-order valence-corrected chi connectivity index (χ1v) is 7.44. The zero-order valence-electron chi connectivity index (χ0n) is 12.4. The molecule has 2 aliphatic heterocycles. The number of nitrogens with zero attached hydrogens (tertiary/aromatic N) is 3. The molecule has 0 bridgehead atoms. The highest BCUT2D eigenvalue weighted by Gasteiger charge is 2.27. The third kappa shape index (κ3) is 4.75. The van der Waals surface area contributed by atoms with Gasteiger partial charge in [-0.05, 0) is 5.41 Å². The molecule has 5 nitrogen and oxygen atoms in total. The molecular weight excluding hydrogens is 240 g/mol. The molecule has 0 spiro atoms. The predicted molar refractivity (Wildman–Crippen MR) is 77.2 cm³/mol. The summed E-state index contributed by atoms with van der Waals surface area (Å²) >= 11 is 0. The van der Waals surface area contributed by atoms with E-state index >= 15 is 0 Å². The molecule has 2 rings (SSSR count). The lowest BCUT2D eigenvalue weighted by Gasteiger charge is -2.40. The topological polar surface area (TPSA) is 38.8 Å². The number of hydrogen-bond acceptors (Lipinski definition) is 4. The van der Waals surface area contributed by atoms with Gasteiger partial charge < -0.3 is 15.1 Å². The van der Waals surface area contributed by atoms with Crippen molar-refractivity contribution in [2.45, 2.75) is 13.8 Å². The SMILES string of the molecule is CC(C)(CN1CCNCC1)CN1CCN(C=O)CC1. The summed E-state index contributed by atoms with van der Waals surface area (Å²) in [7, 11) is 0. The van der Waals surface area contributed by atoms with Crippen molar-refractivity contribution < 1.29 is 4.79 Å². The fraction of sp³-hybridized carbons (Fsp3) is 0.929. The van der Waals surface area contributed by atoms with Crippen molar-refractivity contribution in [3.05, 3.63) is 0 Å². The number of rotatable bonds is 5. The molecule has 2 heterocycles. The molecule has 19 heavy (non-hydrogen) atoms. The summed E-state index contributed by atoms with van der Waals surface area (Å²) in [5, 5.41) is 3.40. The van der Waals surface area contributed by atoms with Crippen molar-refractivity contribution in [3.8, 4) is 0 Å². The molecule has 0 aromatic heterocycles. The molecule has 0 aliphatic carbocycles. The second kappa shape index (κ2) is 6.68. The highest BCUT2D eigenvalue weighted by Crippen LogP contribution is 2.20. The molecule has 5 heteroatoms. The average molecular weight is 268 g/mol. The van der Waals surface area contributed by atoms with Gasteiger partial charge in [0.25, 0.3) is 0 Å². The Hall–Kier alpha value is -0.650. The fourth-order valence-corrected chi connectivity index (χ4v) is 3.16. The van der Waals surface area contributed by atoms with Gasteiger partial charge in [0.15, 0.2) is 0 Å². The van der Waals surface area contributed by atoms with Crippen LogP contribution in [0.3, 0.4) is 0 Å². The molecule has 0 atom stereocenters. The van der Waals surface area contributed by atoms with Gasteiger partial charge >= 0.3 is 0 Å². The minimum absolute atomic E-state index is 0.320. The van der Waals surface area contributed by atoms with Crippen LogP contribution in [0.4, 0.5) is 0 Å². The lowest BCUT2D eigenvalue weighted by atomic mass is 9.91. The summed E-state index contributed by atoms with van der Waals surface area (Å²) in [6.07, 6.45) is 0.975. The molecule has 2 saturated heterocycles. The Morgan fingerprint density at radius 3 is 2.00 bits per heavy atom. The van der Waals surface area contributed by atoms with E-state index in [1.54, 1.807) is 0 Å². The van der Waals surface area contributed by atoms with Gasteiger partial charge in [-0.1, -0.05) is 13.8 Å². The van der Waals surface area contributed by atoms with Crippen molar-refractivity contribution in [2.75, 3.05) is 65.4 Å². The van der Waals surface area contributed by atoms with E-state index in [2.05, 4.69) is 29.0 Å². The maximum absolute atomic E-state index is 10.7. The van der Waals surface area contributed by atoms with Gasteiger partial charge in [-0.25, -0.2) is 0 Å². The standard InChI is InChI=1S/C14H28N4O/c1-14(2,11-16-5-3-15-4-6-16)12-17-7-9-18(13-19)10-8-17/h13,15H,3-12H2,1-2H3. The first kappa shape index (κ1) is 14.8. The lowest BCUT2D eigenvalue weighted by molar-refractivity contribution is -0.119. The van der Waals surface area contributed by atoms with E-state index in [1.807, 2.05) is 4.90 Å². The lowest BCUT2D eigenvalue weighted by Crippen LogP contribution is -2.52. The number of nitrogens with one attached hydrogen (secondary N) is 1. The quantitative estimate of drug-likeness (QED) is 0.695. The zero-order chi connectivity index (χ0) is 13.7. The van der Waals surface area contributed by atoms with E-state index in [-0.39, 0.29) is 0 Å². The van der Waals surface area contributed by atoms with E-state index in [4.69, 9.17) is 0 Å². The van der Waals surface area contributed by atoms with Crippen molar-refractivity contribution in [1.29, 1.82) is 0 Å². The monoisotopic (exact) mass is 268 g/mol. The summed E-state index contributed by atoms with van der Waals surface area (Å²) < 4.78 is 0. The average Bonchev–Trinajstić information content (AvgIpc) is 2.39.